The number of sulfonamides is 1. The topological polar surface area (TPSA) is 92.5 Å². The lowest BCUT2D eigenvalue weighted by molar-refractivity contribution is -0.117. The average molecular weight is 452 g/mol. The Kier molecular flexibility index (Phi) is 6.25. The van der Waals surface area contributed by atoms with Gasteiger partial charge in [-0.15, -0.1) is 0 Å². The summed E-state index contributed by atoms with van der Waals surface area (Å²) in [7, 11) is -2.04. The highest BCUT2D eigenvalue weighted by molar-refractivity contribution is 7.89. The van der Waals surface area contributed by atoms with Gasteiger partial charge in [0.25, 0.3) is 0 Å². The zero-order valence-corrected chi connectivity index (χ0v) is 18.8. The molecule has 7 nitrogen and oxygen atoms in total. The number of amides is 1. The number of aromatic nitrogens is 1. The normalized spacial score (nSPS) is 14.2. The predicted octanol–water partition coefficient (Wildman–Crippen LogP) is 4.32. The van der Waals surface area contributed by atoms with Gasteiger partial charge in [0.05, 0.1) is 4.90 Å². The Morgan fingerprint density at radius 2 is 1.81 bits per heavy atom. The molecule has 32 heavy (non-hydrogen) atoms. The van der Waals surface area contributed by atoms with E-state index >= 15 is 0 Å². The maximum Gasteiger partial charge on any atom is 0.243 e. The van der Waals surface area contributed by atoms with Gasteiger partial charge >= 0.3 is 0 Å². The van der Waals surface area contributed by atoms with Gasteiger partial charge in [0.1, 0.15) is 11.4 Å². The zero-order chi connectivity index (χ0) is 22.7. The molecule has 0 atom stereocenters. The largest absolute Gasteiger partial charge is 0.354 e. The summed E-state index contributed by atoms with van der Waals surface area (Å²) in [6.45, 7) is 2.07. The number of aryl methyl sites for hydroxylation is 1. The van der Waals surface area contributed by atoms with Gasteiger partial charge in [-0.2, -0.15) is 4.31 Å². The molecular weight excluding hydrogens is 426 g/mol. The Morgan fingerprint density at radius 1 is 1.12 bits per heavy atom. The molecule has 0 saturated heterocycles. The van der Waals surface area contributed by atoms with Crippen LogP contribution in [0, 0.1) is 12.8 Å². The Morgan fingerprint density at radius 3 is 2.47 bits per heavy atom. The van der Waals surface area contributed by atoms with E-state index in [9.17, 15) is 13.2 Å². The van der Waals surface area contributed by atoms with Crippen molar-refractivity contribution in [3.8, 4) is 0 Å². The highest BCUT2D eigenvalue weighted by Gasteiger charge is 2.30. The van der Waals surface area contributed by atoms with Crippen molar-refractivity contribution in [1.29, 1.82) is 0 Å². The highest BCUT2D eigenvalue weighted by atomic mass is 32.2. The quantitative estimate of drug-likeness (QED) is 0.551. The fourth-order valence-electron chi connectivity index (χ4n) is 3.25. The summed E-state index contributed by atoms with van der Waals surface area (Å²) in [6.07, 6.45) is 5.33. The van der Waals surface area contributed by atoms with Crippen molar-refractivity contribution in [3.05, 3.63) is 77.2 Å². The fraction of sp³-hybridized carbons (Fsp3) is 0.250. The molecule has 1 aromatic heterocycles. The van der Waals surface area contributed by atoms with Gasteiger partial charge in [0, 0.05) is 19.5 Å². The number of carbonyl (C=O) groups excluding carboxylic acids is 1. The number of anilines is 1. The van der Waals surface area contributed by atoms with Crippen LogP contribution in [0.25, 0.3) is 12.2 Å². The third-order valence-corrected chi connectivity index (χ3v) is 7.17. The van der Waals surface area contributed by atoms with Crippen LogP contribution in [0.2, 0.25) is 0 Å². The molecular formula is C24H25N3O4S. The van der Waals surface area contributed by atoms with E-state index in [1.165, 1.54) is 4.31 Å². The molecule has 0 bridgehead atoms. The standard InChI is InChI=1S/C24H25N3O4S/c1-17-23(25-24(28)20-11-12-20)22(31-26-17)15-10-18-8-13-21(14-9-18)32(29,30)27(2)16-19-6-4-3-5-7-19/h3-10,13-15,20H,11-12,16H2,1-2H3,(H,25,28)/b15-10-. The van der Waals surface area contributed by atoms with Crippen molar-refractivity contribution >= 4 is 33.8 Å². The van der Waals surface area contributed by atoms with Gasteiger partial charge in [-0.25, -0.2) is 8.42 Å². The van der Waals surface area contributed by atoms with E-state index in [1.807, 2.05) is 30.3 Å². The first-order chi connectivity index (χ1) is 15.3. The molecule has 1 amide bonds. The lowest BCUT2D eigenvalue weighted by Gasteiger charge is -2.17. The van der Waals surface area contributed by atoms with Crippen LogP contribution in [-0.2, 0) is 21.4 Å². The number of rotatable bonds is 8. The summed E-state index contributed by atoms with van der Waals surface area (Å²) in [5.41, 5.74) is 2.90. The minimum atomic E-state index is -3.61. The van der Waals surface area contributed by atoms with E-state index in [0.29, 0.717) is 23.7 Å². The molecule has 8 heteroatoms. The smallest absolute Gasteiger partial charge is 0.243 e. The van der Waals surface area contributed by atoms with E-state index in [2.05, 4.69) is 10.5 Å². The molecule has 0 spiro atoms. The van der Waals surface area contributed by atoms with Crippen molar-refractivity contribution in [1.82, 2.24) is 9.46 Å². The van der Waals surface area contributed by atoms with E-state index in [0.717, 1.165) is 24.0 Å². The van der Waals surface area contributed by atoms with Crippen LogP contribution < -0.4 is 5.32 Å². The van der Waals surface area contributed by atoms with Crippen molar-refractivity contribution in [3.63, 3.8) is 0 Å². The van der Waals surface area contributed by atoms with Crippen LogP contribution >= 0.6 is 0 Å². The second kappa shape index (κ2) is 9.10. The number of nitrogens with zero attached hydrogens (tertiary/aromatic N) is 2. The van der Waals surface area contributed by atoms with Gasteiger partial charge in [-0.1, -0.05) is 53.7 Å². The monoisotopic (exact) mass is 451 g/mol. The van der Waals surface area contributed by atoms with E-state index < -0.39 is 10.0 Å². The number of hydrogen-bond acceptors (Lipinski definition) is 5. The van der Waals surface area contributed by atoms with Crippen LogP contribution in [-0.4, -0.2) is 30.8 Å². The zero-order valence-electron chi connectivity index (χ0n) is 18.0. The molecule has 0 radical (unpaired) electrons. The average Bonchev–Trinajstić information content (AvgIpc) is 3.59. The second-order valence-corrected chi connectivity index (χ2v) is 9.96. The van der Waals surface area contributed by atoms with E-state index in [4.69, 9.17) is 4.52 Å². The van der Waals surface area contributed by atoms with Gasteiger partial charge < -0.3 is 9.84 Å². The van der Waals surface area contributed by atoms with Gasteiger partial charge in [0.2, 0.25) is 15.9 Å². The minimum Gasteiger partial charge on any atom is -0.354 e. The first-order valence-corrected chi connectivity index (χ1v) is 11.8. The van der Waals surface area contributed by atoms with Crippen LogP contribution in [0.3, 0.4) is 0 Å². The molecule has 3 aromatic rings. The van der Waals surface area contributed by atoms with E-state index in [1.54, 1.807) is 50.4 Å². The number of hydrogen-bond donors (Lipinski definition) is 1. The predicted molar refractivity (Wildman–Crippen MR) is 123 cm³/mol. The van der Waals surface area contributed by atoms with Crippen molar-refractivity contribution < 1.29 is 17.7 Å². The molecule has 0 unspecified atom stereocenters. The minimum absolute atomic E-state index is 0.0138. The molecule has 1 saturated carbocycles. The molecule has 4 rings (SSSR count). The Bertz CT molecular complexity index is 1230. The lowest BCUT2D eigenvalue weighted by atomic mass is 10.2. The van der Waals surface area contributed by atoms with Crippen LogP contribution in [0.15, 0.2) is 64.0 Å². The first kappa shape index (κ1) is 22.0. The van der Waals surface area contributed by atoms with Crippen LogP contribution in [0.4, 0.5) is 5.69 Å². The fourth-order valence-corrected chi connectivity index (χ4v) is 4.41. The third-order valence-electron chi connectivity index (χ3n) is 5.35. The summed E-state index contributed by atoms with van der Waals surface area (Å²) in [5.74, 6) is 0.520. The number of nitrogens with one attached hydrogen (secondary N) is 1. The van der Waals surface area contributed by atoms with Crippen LogP contribution in [0.5, 0.6) is 0 Å². The number of benzene rings is 2. The maximum atomic E-state index is 12.9. The summed E-state index contributed by atoms with van der Waals surface area (Å²) in [4.78, 5) is 12.3. The summed E-state index contributed by atoms with van der Waals surface area (Å²) < 4.78 is 32.4. The molecule has 1 N–H and O–H groups in total. The lowest BCUT2D eigenvalue weighted by Crippen LogP contribution is -2.26. The molecule has 1 aliphatic rings. The van der Waals surface area contributed by atoms with E-state index in [-0.39, 0.29) is 16.7 Å². The highest BCUT2D eigenvalue weighted by Crippen LogP contribution is 2.32. The Labute approximate surface area is 187 Å². The number of carbonyl (C=O) groups is 1. The Hall–Kier alpha value is -3.23. The second-order valence-electron chi connectivity index (χ2n) is 7.92. The van der Waals surface area contributed by atoms with Crippen LogP contribution in [0.1, 0.15) is 35.4 Å². The molecule has 1 aliphatic carbocycles. The van der Waals surface area contributed by atoms with Crippen molar-refractivity contribution in [2.24, 2.45) is 5.92 Å². The third kappa shape index (κ3) is 4.98. The van der Waals surface area contributed by atoms with Crippen molar-refractivity contribution in [2.45, 2.75) is 31.2 Å². The molecule has 1 heterocycles. The van der Waals surface area contributed by atoms with Crippen molar-refractivity contribution in [2.75, 3.05) is 12.4 Å². The summed E-state index contributed by atoms with van der Waals surface area (Å²) in [5, 5.41) is 6.82. The molecule has 2 aromatic carbocycles. The van der Waals surface area contributed by atoms with Gasteiger partial charge in [-0.05, 0) is 49.1 Å². The first-order valence-electron chi connectivity index (χ1n) is 10.4. The van der Waals surface area contributed by atoms with Gasteiger partial charge in [0.15, 0.2) is 5.76 Å². The van der Waals surface area contributed by atoms with Gasteiger partial charge in [-0.3, -0.25) is 4.79 Å². The molecule has 0 aliphatic heterocycles. The summed E-state index contributed by atoms with van der Waals surface area (Å²) in [6, 6.07) is 16.1. The molecule has 166 valence electrons. The Balaban J connectivity index is 1.46. The molecule has 1 fully saturated rings. The summed E-state index contributed by atoms with van der Waals surface area (Å²) >= 11 is 0. The maximum absolute atomic E-state index is 12.9. The SMILES string of the molecule is Cc1noc(/C=C\c2ccc(S(=O)(=O)N(C)Cc3ccccc3)cc2)c1NC(=O)C1CC1.